The summed E-state index contributed by atoms with van der Waals surface area (Å²) < 4.78 is 0. The first-order valence-corrected chi connectivity index (χ1v) is 5.86. The van der Waals surface area contributed by atoms with E-state index in [0.717, 1.165) is 5.69 Å². The van der Waals surface area contributed by atoms with E-state index in [1.807, 2.05) is 30.5 Å². The molecule has 1 aromatic carbocycles. The first kappa shape index (κ1) is 10.7. The van der Waals surface area contributed by atoms with E-state index in [0.29, 0.717) is 5.95 Å². The highest BCUT2D eigenvalue weighted by Crippen LogP contribution is 2.19. The first-order valence-electron chi connectivity index (χ1n) is 4.63. The number of aromatic nitrogens is 3. The van der Waals surface area contributed by atoms with Crippen molar-refractivity contribution < 1.29 is 0 Å². The molecule has 0 aliphatic carbocycles. The summed E-state index contributed by atoms with van der Waals surface area (Å²) in [6, 6.07) is 7.98. The van der Waals surface area contributed by atoms with Crippen LogP contribution in [0.1, 0.15) is 0 Å². The highest BCUT2D eigenvalue weighted by molar-refractivity contribution is 7.98. The topological polar surface area (TPSA) is 76.7 Å². The third-order valence-electron chi connectivity index (χ3n) is 1.94. The number of nitrogen functional groups attached to an aromatic ring is 1. The van der Waals surface area contributed by atoms with Gasteiger partial charge < -0.3 is 11.1 Å². The average molecular weight is 233 g/mol. The van der Waals surface area contributed by atoms with Crippen LogP contribution in [0.4, 0.5) is 17.6 Å². The van der Waals surface area contributed by atoms with Gasteiger partial charge in [0.05, 0.1) is 0 Å². The third-order valence-corrected chi connectivity index (χ3v) is 2.68. The molecule has 0 saturated carbocycles. The van der Waals surface area contributed by atoms with E-state index in [4.69, 9.17) is 5.73 Å². The van der Waals surface area contributed by atoms with Crippen LogP contribution < -0.4 is 11.1 Å². The van der Waals surface area contributed by atoms with Crippen molar-refractivity contribution in [3.8, 4) is 0 Å². The molecule has 6 heteroatoms. The van der Waals surface area contributed by atoms with E-state index in [2.05, 4.69) is 20.3 Å². The second kappa shape index (κ2) is 4.80. The average Bonchev–Trinajstić information content (AvgIpc) is 2.30. The Balaban J connectivity index is 2.14. The van der Waals surface area contributed by atoms with Gasteiger partial charge in [0, 0.05) is 10.6 Å². The number of hydrogen-bond acceptors (Lipinski definition) is 6. The molecule has 0 unspecified atom stereocenters. The largest absolute Gasteiger partial charge is 0.368 e. The van der Waals surface area contributed by atoms with Crippen molar-refractivity contribution in [3.05, 3.63) is 30.6 Å². The molecule has 0 atom stereocenters. The molecule has 1 aromatic heterocycles. The van der Waals surface area contributed by atoms with Crippen molar-refractivity contribution in [1.82, 2.24) is 15.0 Å². The SMILES string of the molecule is CSc1ccc(Nc2ncnc(N)n2)cc1. The van der Waals surface area contributed by atoms with Crippen LogP contribution in [-0.4, -0.2) is 21.2 Å². The first-order chi connectivity index (χ1) is 7.78. The molecule has 0 radical (unpaired) electrons. The summed E-state index contributed by atoms with van der Waals surface area (Å²) >= 11 is 1.70. The minimum atomic E-state index is 0.207. The van der Waals surface area contributed by atoms with Crippen molar-refractivity contribution in [1.29, 1.82) is 0 Å². The molecule has 0 bridgehead atoms. The minimum absolute atomic E-state index is 0.207. The van der Waals surface area contributed by atoms with E-state index < -0.39 is 0 Å². The van der Waals surface area contributed by atoms with Gasteiger partial charge in [0.1, 0.15) is 6.33 Å². The second-order valence-electron chi connectivity index (χ2n) is 3.02. The number of nitrogens with one attached hydrogen (secondary N) is 1. The fourth-order valence-corrected chi connectivity index (χ4v) is 1.58. The van der Waals surface area contributed by atoms with E-state index in [1.165, 1.54) is 11.2 Å². The maximum absolute atomic E-state index is 5.45. The van der Waals surface area contributed by atoms with Gasteiger partial charge in [-0.25, -0.2) is 9.97 Å². The Labute approximate surface area is 97.5 Å². The van der Waals surface area contributed by atoms with Gasteiger partial charge in [0.25, 0.3) is 0 Å². The van der Waals surface area contributed by atoms with Crippen LogP contribution >= 0.6 is 11.8 Å². The smallest absolute Gasteiger partial charge is 0.231 e. The molecule has 0 fully saturated rings. The van der Waals surface area contributed by atoms with Crippen LogP contribution in [0.5, 0.6) is 0 Å². The molecule has 2 aromatic rings. The second-order valence-corrected chi connectivity index (χ2v) is 3.90. The number of nitrogens with two attached hydrogens (primary N) is 1. The Hall–Kier alpha value is -1.82. The predicted molar refractivity (Wildman–Crippen MR) is 65.7 cm³/mol. The molecule has 0 amide bonds. The predicted octanol–water partition coefficient (Wildman–Crippen LogP) is 1.92. The van der Waals surface area contributed by atoms with Crippen molar-refractivity contribution in [2.75, 3.05) is 17.3 Å². The van der Waals surface area contributed by atoms with E-state index in [1.54, 1.807) is 11.8 Å². The van der Waals surface area contributed by atoms with Gasteiger partial charge in [-0.15, -0.1) is 11.8 Å². The van der Waals surface area contributed by atoms with Crippen LogP contribution in [0.2, 0.25) is 0 Å². The zero-order chi connectivity index (χ0) is 11.4. The summed E-state index contributed by atoms with van der Waals surface area (Å²) in [6.07, 6.45) is 3.41. The van der Waals surface area contributed by atoms with Gasteiger partial charge >= 0.3 is 0 Å². The molecule has 16 heavy (non-hydrogen) atoms. The van der Waals surface area contributed by atoms with Gasteiger partial charge in [0.2, 0.25) is 11.9 Å². The molecule has 0 saturated heterocycles. The fraction of sp³-hybridized carbons (Fsp3) is 0.100. The summed E-state index contributed by atoms with van der Waals surface area (Å²) in [5.41, 5.74) is 6.37. The van der Waals surface area contributed by atoms with Gasteiger partial charge in [-0.1, -0.05) is 0 Å². The number of nitrogens with zero attached hydrogens (tertiary/aromatic N) is 3. The number of benzene rings is 1. The van der Waals surface area contributed by atoms with Gasteiger partial charge in [-0.05, 0) is 30.5 Å². The van der Waals surface area contributed by atoms with Crippen LogP contribution in [0.15, 0.2) is 35.5 Å². The monoisotopic (exact) mass is 233 g/mol. The summed E-state index contributed by atoms with van der Waals surface area (Å²) in [6.45, 7) is 0. The lowest BCUT2D eigenvalue weighted by atomic mass is 10.3. The lowest BCUT2D eigenvalue weighted by molar-refractivity contribution is 1.07. The maximum Gasteiger partial charge on any atom is 0.231 e. The summed E-state index contributed by atoms with van der Waals surface area (Å²) in [7, 11) is 0. The van der Waals surface area contributed by atoms with Crippen LogP contribution in [0, 0.1) is 0 Å². The molecular weight excluding hydrogens is 222 g/mol. The molecule has 0 aliphatic rings. The van der Waals surface area contributed by atoms with Gasteiger partial charge in [-0.3, -0.25) is 0 Å². The lowest BCUT2D eigenvalue weighted by Gasteiger charge is -2.04. The van der Waals surface area contributed by atoms with Crippen molar-refractivity contribution >= 4 is 29.3 Å². The van der Waals surface area contributed by atoms with Crippen molar-refractivity contribution in [2.45, 2.75) is 4.90 Å². The van der Waals surface area contributed by atoms with Crippen LogP contribution in [0.3, 0.4) is 0 Å². The lowest BCUT2D eigenvalue weighted by Crippen LogP contribution is -2.01. The van der Waals surface area contributed by atoms with Crippen molar-refractivity contribution in [3.63, 3.8) is 0 Å². The van der Waals surface area contributed by atoms with E-state index >= 15 is 0 Å². The third kappa shape index (κ3) is 2.60. The Kier molecular flexibility index (Phi) is 3.21. The maximum atomic E-state index is 5.45. The van der Waals surface area contributed by atoms with Crippen molar-refractivity contribution in [2.24, 2.45) is 0 Å². The highest BCUT2D eigenvalue weighted by atomic mass is 32.2. The summed E-state index contributed by atoms with van der Waals surface area (Å²) in [4.78, 5) is 12.8. The molecule has 0 spiro atoms. The van der Waals surface area contributed by atoms with Crippen LogP contribution in [0.25, 0.3) is 0 Å². The standard InChI is InChI=1S/C10H11N5S/c1-16-8-4-2-7(3-5-8)14-10-13-6-12-9(11)15-10/h2-6H,1H3,(H3,11,12,13,14,15). The van der Waals surface area contributed by atoms with Gasteiger partial charge in [-0.2, -0.15) is 4.98 Å². The van der Waals surface area contributed by atoms with Crippen LogP contribution in [-0.2, 0) is 0 Å². The number of anilines is 3. The zero-order valence-electron chi connectivity index (χ0n) is 8.71. The molecule has 82 valence electrons. The fourth-order valence-electron chi connectivity index (χ4n) is 1.17. The molecule has 1 heterocycles. The van der Waals surface area contributed by atoms with E-state index in [9.17, 15) is 0 Å². The Bertz CT molecular complexity index is 471. The zero-order valence-corrected chi connectivity index (χ0v) is 9.53. The molecule has 3 N–H and O–H groups in total. The molecule has 0 aliphatic heterocycles. The number of thioether (sulfide) groups is 1. The summed E-state index contributed by atoms with van der Waals surface area (Å²) in [5.74, 6) is 0.655. The number of rotatable bonds is 3. The van der Waals surface area contributed by atoms with E-state index in [-0.39, 0.29) is 5.95 Å². The Morgan fingerprint density at radius 1 is 1.19 bits per heavy atom. The highest BCUT2D eigenvalue weighted by Gasteiger charge is 1.98. The quantitative estimate of drug-likeness (QED) is 0.789. The Morgan fingerprint density at radius 3 is 2.56 bits per heavy atom. The van der Waals surface area contributed by atoms with Gasteiger partial charge in [0.15, 0.2) is 0 Å². The molecule has 2 rings (SSSR count). The summed E-state index contributed by atoms with van der Waals surface area (Å²) in [5, 5.41) is 3.04. The molecule has 5 nitrogen and oxygen atoms in total. The normalized spacial score (nSPS) is 10.1. The minimum Gasteiger partial charge on any atom is -0.368 e. The molecular formula is C10H11N5S. The number of hydrogen-bond donors (Lipinski definition) is 2. The Morgan fingerprint density at radius 2 is 1.94 bits per heavy atom.